The molecule has 0 saturated heterocycles. The Hall–Kier alpha value is -1.62. The van der Waals surface area contributed by atoms with Crippen molar-refractivity contribution in [2.24, 2.45) is 0 Å². The summed E-state index contributed by atoms with van der Waals surface area (Å²) in [5, 5.41) is 15.4. The number of nitrogens with zero attached hydrogens (tertiary/aromatic N) is 1. The lowest BCUT2D eigenvalue weighted by atomic mass is 9.98. The Kier molecular flexibility index (Phi) is 3.81. The molecule has 1 aromatic rings. The molecule has 1 saturated carbocycles. The van der Waals surface area contributed by atoms with Gasteiger partial charge in [0.2, 0.25) is 0 Å². The first-order valence-electron chi connectivity index (χ1n) is 6.26. The third-order valence-corrected chi connectivity index (χ3v) is 3.49. The van der Waals surface area contributed by atoms with Crippen LogP contribution in [0.4, 0.5) is 5.69 Å². The minimum absolute atomic E-state index is 0.116. The summed E-state index contributed by atoms with van der Waals surface area (Å²) < 4.78 is 0. The SMILES string of the molecule is CNC(=O)c1cc(NC2(CO)CCCC2)ccn1. The predicted octanol–water partition coefficient (Wildman–Crippen LogP) is 1.16. The molecule has 0 atom stereocenters. The average Bonchev–Trinajstić information content (AvgIpc) is 2.87. The summed E-state index contributed by atoms with van der Waals surface area (Å²) in [7, 11) is 1.58. The Balaban J connectivity index is 2.16. The van der Waals surface area contributed by atoms with E-state index in [0.717, 1.165) is 31.4 Å². The van der Waals surface area contributed by atoms with E-state index in [1.165, 1.54) is 0 Å². The van der Waals surface area contributed by atoms with Crippen molar-refractivity contribution >= 4 is 11.6 Å². The standard InChI is InChI=1S/C13H19N3O2/c1-14-12(18)11-8-10(4-7-15-11)16-13(9-17)5-2-3-6-13/h4,7-8,17H,2-3,5-6,9H2,1H3,(H,14,18)(H,15,16). The Morgan fingerprint density at radius 2 is 2.22 bits per heavy atom. The highest BCUT2D eigenvalue weighted by molar-refractivity contribution is 5.92. The number of carbonyl (C=O) groups excluding carboxylic acids is 1. The highest BCUT2D eigenvalue weighted by atomic mass is 16.3. The van der Waals surface area contributed by atoms with Crippen LogP contribution in [0.15, 0.2) is 18.3 Å². The van der Waals surface area contributed by atoms with Crippen molar-refractivity contribution in [1.29, 1.82) is 0 Å². The van der Waals surface area contributed by atoms with Crippen molar-refractivity contribution in [1.82, 2.24) is 10.3 Å². The van der Waals surface area contributed by atoms with Gasteiger partial charge in [0.05, 0.1) is 12.1 Å². The van der Waals surface area contributed by atoms with E-state index in [1.54, 1.807) is 19.3 Å². The minimum Gasteiger partial charge on any atom is -0.394 e. The fraction of sp³-hybridized carbons (Fsp3) is 0.538. The Bertz CT molecular complexity index is 428. The van der Waals surface area contributed by atoms with Gasteiger partial charge in [-0.2, -0.15) is 0 Å². The van der Waals surface area contributed by atoms with E-state index in [1.807, 2.05) is 6.07 Å². The molecule has 0 bridgehead atoms. The van der Waals surface area contributed by atoms with Crippen molar-refractivity contribution in [2.75, 3.05) is 19.0 Å². The van der Waals surface area contributed by atoms with Crippen LogP contribution < -0.4 is 10.6 Å². The fourth-order valence-electron chi connectivity index (χ4n) is 2.44. The molecule has 1 amide bonds. The lowest BCUT2D eigenvalue weighted by Crippen LogP contribution is -2.39. The van der Waals surface area contributed by atoms with E-state index in [2.05, 4.69) is 15.6 Å². The fourth-order valence-corrected chi connectivity index (χ4v) is 2.44. The Labute approximate surface area is 107 Å². The molecule has 1 aliphatic rings. The third kappa shape index (κ3) is 2.61. The quantitative estimate of drug-likeness (QED) is 0.748. The second-order valence-electron chi connectivity index (χ2n) is 4.78. The van der Waals surface area contributed by atoms with Crippen LogP contribution >= 0.6 is 0 Å². The second kappa shape index (κ2) is 5.35. The number of amides is 1. The zero-order valence-corrected chi connectivity index (χ0v) is 10.6. The van der Waals surface area contributed by atoms with Gasteiger partial charge >= 0.3 is 0 Å². The molecule has 3 N–H and O–H groups in total. The second-order valence-corrected chi connectivity index (χ2v) is 4.78. The molecular weight excluding hydrogens is 230 g/mol. The molecular formula is C13H19N3O2. The van der Waals surface area contributed by atoms with Gasteiger partial charge in [-0.3, -0.25) is 9.78 Å². The largest absolute Gasteiger partial charge is 0.394 e. The van der Waals surface area contributed by atoms with Gasteiger partial charge < -0.3 is 15.7 Å². The molecule has 2 rings (SSSR count). The van der Waals surface area contributed by atoms with Gasteiger partial charge in [0.15, 0.2) is 0 Å². The van der Waals surface area contributed by atoms with Crippen molar-refractivity contribution in [3.63, 3.8) is 0 Å². The molecule has 0 radical (unpaired) electrons. The van der Waals surface area contributed by atoms with Gasteiger partial charge in [0.25, 0.3) is 5.91 Å². The zero-order chi connectivity index (χ0) is 13.0. The van der Waals surface area contributed by atoms with Crippen LogP contribution in [0.5, 0.6) is 0 Å². The summed E-state index contributed by atoms with van der Waals surface area (Å²) >= 11 is 0. The number of hydrogen-bond acceptors (Lipinski definition) is 4. The number of nitrogens with one attached hydrogen (secondary N) is 2. The van der Waals surface area contributed by atoms with Gasteiger partial charge in [-0.1, -0.05) is 12.8 Å². The van der Waals surface area contributed by atoms with E-state index in [4.69, 9.17) is 0 Å². The smallest absolute Gasteiger partial charge is 0.269 e. The van der Waals surface area contributed by atoms with E-state index in [9.17, 15) is 9.90 Å². The lowest BCUT2D eigenvalue weighted by Gasteiger charge is -2.29. The summed E-state index contributed by atoms with van der Waals surface area (Å²) in [5.41, 5.74) is 0.981. The van der Waals surface area contributed by atoms with Crippen molar-refractivity contribution < 1.29 is 9.90 Å². The third-order valence-electron chi connectivity index (χ3n) is 3.49. The van der Waals surface area contributed by atoms with E-state index in [-0.39, 0.29) is 18.1 Å². The highest BCUT2D eigenvalue weighted by Crippen LogP contribution is 2.32. The van der Waals surface area contributed by atoms with E-state index in [0.29, 0.717) is 5.69 Å². The molecule has 1 heterocycles. The monoisotopic (exact) mass is 249 g/mol. The van der Waals surface area contributed by atoms with E-state index < -0.39 is 0 Å². The molecule has 98 valence electrons. The first kappa shape index (κ1) is 12.8. The van der Waals surface area contributed by atoms with Crippen LogP contribution in [-0.2, 0) is 0 Å². The summed E-state index contributed by atoms with van der Waals surface area (Å²) in [6.45, 7) is 0.116. The topological polar surface area (TPSA) is 74.2 Å². The number of hydrogen-bond donors (Lipinski definition) is 3. The molecule has 5 heteroatoms. The van der Waals surface area contributed by atoms with Crippen molar-refractivity contribution in [3.05, 3.63) is 24.0 Å². The summed E-state index contributed by atoms with van der Waals surface area (Å²) in [6.07, 6.45) is 5.77. The van der Waals surface area contributed by atoms with Gasteiger partial charge in [0.1, 0.15) is 5.69 Å². The number of aromatic nitrogens is 1. The maximum atomic E-state index is 11.5. The summed E-state index contributed by atoms with van der Waals surface area (Å²) in [5.74, 6) is -0.205. The highest BCUT2D eigenvalue weighted by Gasteiger charge is 2.32. The molecule has 0 aliphatic heterocycles. The first-order chi connectivity index (χ1) is 8.69. The van der Waals surface area contributed by atoms with Gasteiger partial charge in [-0.05, 0) is 25.0 Å². The molecule has 0 unspecified atom stereocenters. The summed E-state index contributed by atoms with van der Waals surface area (Å²) in [6, 6.07) is 3.54. The maximum Gasteiger partial charge on any atom is 0.269 e. The molecule has 1 aromatic heterocycles. The molecule has 0 spiro atoms. The minimum atomic E-state index is -0.235. The zero-order valence-electron chi connectivity index (χ0n) is 10.6. The lowest BCUT2D eigenvalue weighted by molar-refractivity contribution is 0.0958. The van der Waals surface area contributed by atoms with Crippen molar-refractivity contribution in [3.8, 4) is 0 Å². The molecule has 1 fully saturated rings. The first-order valence-corrected chi connectivity index (χ1v) is 6.26. The van der Waals surface area contributed by atoms with Crippen LogP contribution in [0.2, 0.25) is 0 Å². The number of anilines is 1. The molecule has 5 nitrogen and oxygen atoms in total. The number of carbonyl (C=O) groups is 1. The van der Waals surface area contributed by atoms with Crippen molar-refractivity contribution in [2.45, 2.75) is 31.2 Å². The summed E-state index contributed by atoms with van der Waals surface area (Å²) in [4.78, 5) is 15.5. The number of rotatable bonds is 4. The van der Waals surface area contributed by atoms with Gasteiger partial charge in [-0.25, -0.2) is 0 Å². The van der Waals surface area contributed by atoms with Crippen LogP contribution in [-0.4, -0.2) is 35.2 Å². The molecule has 1 aliphatic carbocycles. The maximum absolute atomic E-state index is 11.5. The molecule has 0 aromatic carbocycles. The number of pyridine rings is 1. The van der Waals surface area contributed by atoms with Crippen LogP contribution in [0.3, 0.4) is 0 Å². The molecule has 18 heavy (non-hydrogen) atoms. The van der Waals surface area contributed by atoms with Crippen LogP contribution in [0.1, 0.15) is 36.2 Å². The predicted molar refractivity (Wildman–Crippen MR) is 69.5 cm³/mol. The van der Waals surface area contributed by atoms with E-state index >= 15 is 0 Å². The van der Waals surface area contributed by atoms with Gasteiger partial charge in [0, 0.05) is 18.9 Å². The normalized spacial score (nSPS) is 17.4. The van der Waals surface area contributed by atoms with Crippen LogP contribution in [0, 0.1) is 0 Å². The number of aliphatic hydroxyl groups excluding tert-OH is 1. The Morgan fingerprint density at radius 3 is 2.83 bits per heavy atom. The number of aliphatic hydroxyl groups is 1. The van der Waals surface area contributed by atoms with Gasteiger partial charge in [-0.15, -0.1) is 0 Å². The Morgan fingerprint density at radius 1 is 1.50 bits per heavy atom. The average molecular weight is 249 g/mol. The van der Waals surface area contributed by atoms with Crippen LogP contribution in [0.25, 0.3) is 0 Å².